The molecule has 0 saturated carbocycles. The first-order valence-corrected chi connectivity index (χ1v) is 3.43. The summed E-state index contributed by atoms with van der Waals surface area (Å²) in [7, 11) is 0. The molecule has 0 aromatic carbocycles. The third-order valence-electron chi connectivity index (χ3n) is 2.00. The van der Waals surface area contributed by atoms with Crippen molar-refractivity contribution in [1.82, 2.24) is 10.0 Å². The van der Waals surface area contributed by atoms with E-state index < -0.39 is 0 Å². The van der Waals surface area contributed by atoms with E-state index >= 15 is 0 Å². The minimum atomic E-state index is 0.491. The summed E-state index contributed by atoms with van der Waals surface area (Å²) in [6.45, 7) is 5.38. The van der Waals surface area contributed by atoms with Gasteiger partial charge in [0, 0.05) is 6.54 Å². The number of hydrogen-bond donors (Lipinski definition) is 0. The van der Waals surface area contributed by atoms with Crippen LogP contribution in [0.1, 0.15) is 13.8 Å². The Kier molecular flexibility index (Phi) is 0.858. The molecule has 50 valence electrons. The van der Waals surface area contributed by atoms with Gasteiger partial charge in [0.25, 0.3) is 0 Å². The minimum absolute atomic E-state index is 0.491. The zero-order valence-corrected chi connectivity index (χ0v) is 5.78. The SMILES string of the molecule is CCN1C=NC2C(C)N21. The Labute approximate surface area is 54.9 Å². The quantitative estimate of drug-likeness (QED) is 0.469. The molecular weight excluding hydrogens is 114 g/mol. The molecule has 3 unspecified atom stereocenters. The predicted molar refractivity (Wildman–Crippen MR) is 36.0 cm³/mol. The van der Waals surface area contributed by atoms with E-state index in [4.69, 9.17) is 0 Å². The molecule has 3 heteroatoms. The second-order valence-electron chi connectivity index (χ2n) is 2.55. The molecule has 0 aromatic rings. The smallest absolute Gasteiger partial charge is 0.138 e. The number of aliphatic imine (C=N–C) groups is 1. The molecule has 3 nitrogen and oxygen atoms in total. The number of fused-ring (bicyclic) bond motifs is 1. The monoisotopic (exact) mass is 125 g/mol. The van der Waals surface area contributed by atoms with E-state index in [1.54, 1.807) is 0 Å². The third-order valence-corrected chi connectivity index (χ3v) is 2.00. The highest BCUT2D eigenvalue weighted by atomic mass is 15.8. The van der Waals surface area contributed by atoms with Crippen molar-refractivity contribution in [3.8, 4) is 0 Å². The van der Waals surface area contributed by atoms with Crippen LogP contribution in [0.5, 0.6) is 0 Å². The van der Waals surface area contributed by atoms with Crippen LogP contribution in [-0.4, -0.2) is 35.1 Å². The zero-order valence-electron chi connectivity index (χ0n) is 5.78. The zero-order chi connectivity index (χ0) is 6.43. The Hall–Kier alpha value is -0.570. The molecule has 0 aromatic heterocycles. The highest BCUT2D eigenvalue weighted by Gasteiger charge is 2.50. The first-order chi connectivity index (χ1) is 4.34. The van der Waals surface area contributed by atoms with Gasteiger partial charge in [0.05, 0.1) is 6.04 Å². The first-order valence-electron chi connectivity index (χ1n) is 3.43. The molecule has 9 heavy (non-hydrogen) atoms. The van der Waals surface area contributed by atoms with Crippen LogP contribution in [0.2, 0.25) is 0 Å². The lowest BCUT2D eigenvalue weighted by Gasteiger charge is -2.14. The molecule has 1 saturated heterocycles. The Morgan fingerprint density at radius 2 is 2.44 bits per heavy atom. The van der Waals surface area contributed by atoms with Crippen LogP contribution in [0, 0.1) is 0 Å². The normalized spacial score (nSPS) is 45.6. The summed E-state index contributed by atoms with van der Waals surface area (Å²) in [6.07, 6.45) is 2.41. The van der Waals surface area contributed by atoms with E-state index in [2.05, 4.69) is 28.9 Å². The molecule has 0 amide bonds. The largest absolute Gasteiger partial charge is 0.294 e. The van der Waals surface area contributed by atoms with Crippen molar-refractivity contribution < 1.29 is 0 Å². The fourth-order valence-electron chi connectivity index (χ4n) is 1.35. The van der Waals surface area contributed by atoms with Gasteiger partial charge in [-0.25, -0.2) is 0 Å². The standard InChI is InChI=1S/C6H11N3/c1-3-8-4-7-6-5(2)9(6)8/h4-6H,3H2,1-2H3. The van der Waals surface area contributed by atoms with E-state index in [9.17, 15) is 0 Å². The molecule has 2 aliphatic rings. The van der Waals surface area contributed by atoms with E-state index in [1.807, 2.05) is 6.34 Å². The van der Waals surface area contributed by atoms with Gasteiger partial charge in [-0.2, -0.15) is 5.01 Å². The van der Waals surface area contributed by atoms with Gasteiger partial charge in [0.1, 0.15) is 12.5 Å². The number of rotatable bonds is 1. The fraction of sp³-hybridized carbons (Fsp3) is 0.833. The number of nitrogens with zero attached hydrogens (tertiary/aromatic N) is 3. The van der Waals surface area contributed by atoms with Gasteiger partial charge in [-0.15, -0.1) is 0 Å². The maximum atomic E-state index is 4.27. The average molecular weight is 125 g/mol. The maximum absolute atomic E-state index is 4.27. The lowest BCUT2D eigenvalue weighted by molar-refractivity contribution is 0.193. The van der Waals surface area contributed by atoms with E-state index in [1.165, 1.54) is 0 Å². The molecule has 0 N–H and O–H groups in total. The third kappa shape index (κ3) is 0.525. The van der Waals surface area contributed by atoms with Crippen LogP contribution in [0.25, 0.3) is 0 Å². The summed E-state index contributed by atoms with van der Waals surface area (Å²) in [5.41, 5.74) is 0. The lowest BCUT2D eigenvalue weighted by Crippen LogP contribution is -2.26. The summed E-state index contributed by atoms with van der Waals surface area (Å²) >= 11 is 0. The van der Waals surface area contributed by atoms with Crippen LogP contribution >= 0.6 is 0 Å². The molecule has 0 radical (unpaired) electrons. The minimum Gasteiger partial charge on any atom is -0.294 e. The van der Waals surface area contributed by atoms with Crippen LogP contribution in [0.15, 0.2) is 4.99 Å². The van der Waals surface area contributed by atoms with Crippen LogP contribution in [0.4, 0.5) is 0 Å². The molecule has 2 rings (SSSR count). The van der Waals surface area contributed by atoms with Gasteiger partial charge in [-0.05, 0) is 13.8 Å². The fourth-order valence-corrected chi connectivity index (χ4v) is 1.35. The van der Waals surface area contributed by atoms with E-state index in [0.29, 0.717) is 12.2 Å². The second-order valence-corrected chi connectivity index (χ2v) is 2.55. The van der Waals surface area contributed by atoms with Crippen molar-refractivity contribution in [1.29, 1.82) is 0 Å². The van der Waals surface area contributed by atoms with E-state index in [-0.39, 0.29) is 0 Å². The van der Waals surface area contributed by atoms with Crippen molar-refractivity contribution in [2.24, 2.45) is 4.99 Å². The molecule has 0 spiro atoms. The van der Waals surface area contributed by atoms with Gasteiger partial charge in [0.15, 0.2) is 0 Å². The molecule has 1 fully saturated rings. The Bertz CT molecular complexity index is 154. The van der Waals surface area contributed by atoms with Crippen molar-refractivity contribution in [3.63, 3.8) is 0 Å². The Morgan fingerprint density at radius 3 is 2.78 bits per heavy atom. The van der Waals surface area contributed by atoms with Gasteiger partial charge in [-0.3, -0.25) is 10.0 Å². The van der Waals surface area contributed by atoms with Crippen molar-refractivity contribution in [2.75, 3.05) is 6.54 Å². The maximum Gasteiger partial charge on any atom is 0.138 e. The summed E-state index contributed by atoms with van der Waals surface area (Å²) < 4.78 is 0. The van der Waals surface area contributed by atoms with Crippen molar-refractivity contribution >= 4 is 6.34 Å². The van der Waals surface area contributed by atoms with Crippen LogP contribution < -0.4 is 0 Å². The lowest BCUT2D eigenvalue weighted by atomic mass is 10.5. The molecular formula is C6H11N3. The number of hydrogen-bond acceptors (Lipinski definition) is 3. The Balaban J connectivity index is 2.08. The van der Waals surface area contributed by atoms with Crippen molar-refractivity contribution in [3.05, 3.63) is 0 Å². The second kappa shape index (κ2) is 1.48. The van der Waals surface area contributed by atoms with Crippen LogP contribution in [0.3, 0.4) is 0 Å². The summed E-state index contributed by atoms with van der Waals surface area (Å²) in [5, 5.41) is 4.44. The van der Waals surface area contributed by atoms with Gasteiger partial charge in [-0.1, -0.05) is 0 Å². The first kappa shape index (κ1) is 5.23. The predicted octanol–water partition coefficient (Wildman–Crippen LogP) is 0.295. The number of hydrazine groups is 1. The highest BCUT2D eigenvalue weighted by molar-refractivity contribution is 5.58. The molecule has 3 atom stereocenters. The van der Waals surface area contributed by atoms with Crippen LogP contribution in [-0.2, 0) is 0 Å². The summed E-state index contributed by atoms with van der Waals surface area (Å²) in [6, 6.07) is 0.662. The summed E-state index contributed by atoms with van der Waals surface area (Å²) in [5.74, 6) is 0. The van der Waals surface area contributed by atoms with Crippen molar-refractivity contribution in [2.45, 2.75) is 26.1 Å². The Morgan fingerprint density at radius 1 is 1.67 bits per heavy atom. The molecule has 2 aliphatic heterocycles. The van der Waals surface area contributed by atoms with E-state index in [0.717, 1.165) is 6.54 Å². The molecule has 0 bridgehead atoms. The average Bonchev–Trinajstić information content (AvgIpc) is 2.41. The van der Waals surface area contributed by atoms with Gasteiger partial charge >= 0.3 is 0 Å². The molecule has 2 heterocycles. The van der Waals surface area contributed by atoms with Gasteiger partial charge in [0.2, 0.25) is 0 Å². The topological polar surface area (TPSA) is 18.6 Å². The molecule has 0 aliphatic carbocycles. The van der Waals surface area contributed by atoms with Gasteiger partial charge < -0.3 is 0 Å². The highest BCUT2D eigenvalue weighted by Crippen LogP contribution is 2.33. The summed E-state index contributed by atoms with van der Waals surface area (Å²) in [4.78, 5) is 4.27.